The second-order valence-corrected chi connectivity index (χ2v) is 6.01. The molecule has 0 aliphatic heterocycles. The van der Waals surface area contributed by atoms with Gasteiger partial charge in [-0.2, -0.15) is 0 Å². The Morgan fingerprint density at radius 2 is 2.16 bits per heavy atom. The van der Waals surface area contributed by atoms with Crippen LogP contribution in [0.1, 0.15) is 25.0 Å². The van der Waals surface area contributed by atoms with Gasteiger partial charge in [-0.3, -0.25) is 4.79 Å². The first-order chi connectivity index (χ1) is 9.02. The van der Waals surface area contributed by atoms with Gasteiger partial charge in [0.1, 0.15) is 0 Å². The number of hydrogen-bond donors (Lipinski definition) is 1. The van der Waals surface area contributed by atoms with E-state index in [9.17, 15) is 4.79 Å². The average molecular weight is 281 g/mol. The molecule has 0 bridgehead atoms. The molecule has 4 heteroatoms. The number of thioether (sulfide) groups is 1. The van der Waals surface area contributed by atoms with Gasteiger partial charge in [0.05, 0.1) is 12.9 Å². The summed E-state index contributed by atoms with van der Waals surface area (Å²) in [4.78, 5) is 12.3. The van der Waals surface area contributed by atoms with Gasteiger partial charge in [-0.25, -0.2) is 0 Å². The zero-order chi connectivity index (χ0) is 14.3. The van der Waals surface area contributed by atoms with Gasteiger partial charge in [-0.1, -0.05) is 26.0 Å². The van der Waals surface area contributed by atoms with E-state index in [4.69, 9.17) is 0 Å². The molecule has 0 aliphatic rings. The predicted molar refractivity (Wildman–Crippen MR) is 80.5 cm³/mol. The summed E-state index contributed by atoms with van der Waals surface area (Å²) in [5, 5.41) is 3.43. The van der Waals surface area contributed by atoms with Gasteiger partial charge < -0.3 is 10.1 Å². The number of hydrogen-bond acceptors (Lipinski definition) is 4. The van der Waals surface area contributed by atoms with E-state index in [1.165, 1.54) is 30.0 Å². The second kappa shape index (κ2) is 8.23. The third-order valence-electron chi connectivity index (χ3n) is 2.69. The highest BCUT2D eigenvalue weighted by molar-refractivity contribution is 8.00. The Labute approximate surface area is 120 Å². The van der Waals surface area contributed by atoms with Gasteiger partial charge in [0.15, 0.2) is 0 Å². The van der Waals surface area contributed by atoms with Gasteiger partial charge >= 0.3 is 5.97 Å². The largest absolute Gasteiger partial charge is 0.468 e. The van der Waals surface area contributed by atoms with Crippen molar-refractivity contribution in [2.75, 3.05) is 19.4 Å². The maximum absolute atomic E-state index is 11.1. The fraction of sp³-hybridized carbons (Fsp3) is 0.533. The standard InChI is InChI=1S/C15H23NO2S/c1-11(2)8-16-9-13-5-6-14(12(3)7-13)19-10-15(17)18-4/h5-7,11,16H,8-10H2,1-4H3. The van der Waals surface area contributed by atoms with Crippen molar-refractivity contribution in [1.82, 2.24) is 5.32 Å². The molecule has 0 saturated carbocycles. The summed E-state index contributed by atoms with van der Waals surface area (Å²) < 4.78 is 4.64. The van der Waals surface area contributed by atoms with Crippen LogP contribution in [-0.2, 0) is 16.1 Å². The topological polar surface area (TPSA) is 38.3 Å². The molecule has 0 fully saturated rings. The van der Waals surface area contributed by atoms with Crippen LogP contribution in [0.5, 0.6) is 0 Å². The van der Waals surface area contributed by atoms with Crippen LogP contribution in [-0.4, -0.2) is 25.4 Å². The molecule has 106 valence electrons. The molecule has 1 N–H and O–H groups in total. The van der Waals surface area contributed by atoms with Crippen LogP contribution in [0.15, 0.2) is 23.1 Å². The monoisotopic (exact) mass is 281 g/mol. The molecule has 0 saturated heterocycles. The fourth-order valence-corrected chi connectivity index (χ4v) is 2.53. The molecule has 1 aromatic rings. The Kier molecular flexibility index (Phi) is 6.95. The number of carbonyl (C=O) groups is 1. The zero-order valence-corrected chi connectivity index (χ0v) is 13.0. The molecule has 0 amide bonds. The van der Waals surface area contributed by atoms with Crippen LogP contribution in [0.3, 0.4) is 0 Å². The first-order valence-corrected chi connectivity index (χ1v) is 7.51. The van der Waals surface area contributed by atoms with Crippen LogP contribution >= 0.6 is 11.8 Å². The Morgan fingerprint density at radius 3 is 2.74 bits per heavy atom. The molecule has 0 aromatic heterocycles. The van der Waals surface area contributed by atoms with Crippen molar-refractivity contribution in [3.05, 3.63) is 29.3 Å². The van der Waals surface area contributed by atoms with Crippen molar-refractivity contribution in [2.24, 2.45) is 5.92 Å². The smallest absolute Gasteiger partial charge is 0.315 e. The Morgan fingerprint density at radius 1 is 1.42 bits per heavy atom. The Balaban J connectivity index is 2.51. The predicted octanol–water partition coefficient (Wildman–Crippen LogP) is 3.01. The number of esters is 1. The SMILES string of the molecule is COC(=O)CSc1ccc(CNCC(C)C)cc1C. The van der Waals surface area contributed by atoms with E-state index in [0.29, 0.717) is 11.7 Å². The van der Waals surface area contributed by atoms with Crippen LogP contribution in [0, 0.1) is 12.8 Å². The van der Waals surface area contributed by atoms with E-state index >= 15 is 0 Å². The van der Waals surface area contributed by atoms with E-state index in [1.807, 2.05) is 0 Å². The minimum absolute atomic E-state index is 0.188. The summed E-state index contributed by atoms with van der Waals surface area (Å²) in [7, 11) is 1.42. The lowest BCUT2D eigenvalue weighted by molar-refractivity contribution is -0.137. The zero-order valence-electron chi connectivity index (χ0n) is 12.2. The number of benzene rings is 1. The first kappa shape index (κ1) is 16.1. The molecular weight excluding hydrogens is 258 g/mol. The van der Waals surface area contributed by atoms with E-state index in [-0.39, 0.29) is 5.97 Å². The van der Waals surface area contributed by atoms with Crippen LogP contribution < -0.4 is 5.32 Å². The normalized spacial score (nSPS) is 10.8. The summed E-state index contributed by atoms with van der Waals surface area (Å²) in [6, 6.07) is 6.36. The molecule has 1 rings (SSSR count). The van der Waals surface area contributed by atoms with Crippen molar-refractivity contribution < 1.29 is 9.53 Å². The summed E-state index contributed by atoms with van der Waals surface area (Å²) in [5.41, 5.74) is 2.48. The van der Waals surface area contributed by atoms with Crippen LogP contribution in [0.4, 0.5) is 0 Å². The minimum Gasteiger partial charge on any atom is -0.468 e. The van der Waals surface area contributed by atoms with Gasteiger partial charge in [0, 0.05) is 11.4 Å². The van der Waals surface area contributed by atoms with Gasteiger partial charge in [0.2, 0.25) is 0 Å². The number of rotatable bonds is 7. The molecule has 3 nitrogen and oxygen atoms in total. The van der Waals surface area contributed by atoms with Crippen LogP contribution in [0.2, 0.25) is 0 Å². The molecule has 0 heterocycles. The number of methoxy groups -OCH3 is 1. The van der Waals surface area contributed by atoms with E-state index < -0.39 is 0 Å². The van der Waals surface area contributed by atoms with E-state index in [1.54, 1.807) is 0 Å². The molecule has 0 aliphatic carbocycles. The highest BCUT2D eigenvalue weighted by Crippen LogP contribution is 2.23. The highest BCUT2D eigenvalue weighted by Gasteiger charge is 2.05. The van der Waals surface area contributed by atoms with E-state index in [0.717, 1.165) is 18.0 Å². The summed E-state index contributed by atoms with van der Waals surface area (Å²) >= 11 is 1.52. The quantitative estimate of drug-likeness (QED) is 0.616. The Bertz CT molecular complexity index is 419. The molecule has 0 radical (unpaired) electrons. The number of aryl methyl sites for hydroxylation is 1. The van der Waals surface area contributed by atoms with Crippen molar-refractivity contribution in [1.29, 1.82) is 0 Å². The van der Waals surface area contributed by atoms with Crippen molar-refractivity contribution in [3.63, 3.8) is 0 Å². The van der Waals surface area contributed by atoms with Crippen LogP contribution in [0.25, 0.3) is 0 Å². The van der Waals surface area contributed by atoms with E-state index in [2.05, 4.69) is 49.0 Å². The number of nitrogens with one attached hydrogen (secondary N) is 1. The van der Waals surface area contributed by atoms with Crippen molar-refractivity contribution in [2.45, 2.75) is 32.2 Å². The van der Waals surface area contributed by atoms with Gasteiger partial charge in [0.25, 0.3) is 0 Å². The molecule has 0 spiro atoms. The molecule has 0 atom stereocenters. The maximum Gasteiger partial charge on any atom is 0.315 e. The lowest BCUT2D eigenvalue weighted by atomic mass is 10.1. The molecule has 1 aromatic carbocycles. The van der Waals surface area contributed by atoms with Crippen molar-refractivity contribution >= 4 is 17.7 Å². The summed E-state index contributed by atoms with van der Waals surface area (Å²) in [6.07, 6.45) is 0. The van der Waals surface area contributed by atoms with Gasteiger partial charge in [-0.15, -0.1) is 11.8 Å². The molecule has 0 unspecified atom stereocenters. The third kappa shape index (κ3) is 6.12. The number of ether oxygens (including phenoxy) is 1. The second-order valence-electron chi connectivity index (χ2n) is 4.99. The van der Waals surface area contributed by atoms with Crippen molar-refractivity contribution in [3.8, 4) is 0 Å². The lowest BCUT2D eigenvalue weighted by Gasteiger charge is -2.10. The highest BCUT2D eigenvalue weighted by atomic mass is 32.2. The third-order valence-corrected chi connectivity index (χ3v) is 3.84. The Hall–Kier alpha value is -1.00. The first-order valence-electron chi connectivity index (χ1n) is 6.52. The molecular formula is C15H23NO2S. The molecule has 19 heavy (non-hydrogen) atoms. The summed E-state index contributed by atoms with van der Waals surface area (Å²) in [5.74, 6) is 0.838. The van der Waals surface area contributed by atoms with Gasteiger partial charge in [-0.05, 0) is 36.6 Å². The fourth-order valence-electron chi connectivity index (χ4n) is 1.68. The minimum atomic E-state index is -0.188. The average Bonchev–Trinajstić information content (AvgIpc) is 2.37. The number of carbonyl (C=O) groups excluding carboxylic acids is 1. The maximum atomic E-state index is 11.1. The summed E-state index contributed by atoms with van der Waals surface area (Å²) in [6.45, 7) is 8.39. The lowest BCUT2D eigenvalue weighted by Crippen LogP contribution is -2.18.